The van der Waals surface area contributed by atoms with Crippen LogP contribution in [0.3, 0.4) is 0 Å². The van der Waals surface area contributed by atoms with E-state index in [0.29, 0.717) is 0 Å². The molecule has 0 N–H and O–H groups in total. The smallest absolute Gasteiger partial charge is 0 e. The Labute approximate surface area is 375 Å². The lowest BCUT2D eigenvalue weighted by atomic mass is 12.0. The average Bonchev–Trinajstić information content (AvgIpc) is 1.00. The van der Waals surface area contributed by atoms with Gasteiger partial charge in [-0.2, -0.15) is 0 Å². The van der Waals surface area contributed by atoms with Crippen LogP contribution in [-0.2, 0) is 11.8 Å². The van der Waals surface area contributed by atoms with Crippen molar-refractivity contribution in [2.45, 2.75) is 297 Å². The SMILES string of the molecule is C.C.C.C.C.C.C.C.C.C.C.C.C.C.C.C.C.C.C.C.C.C.C.C.C.C.C.C.C.C.C.C.C.C.C.C.C.C.C.C.P=S.[3HH].[3HH].[3HH].[3HH].[3HH].[3HH].[3HH].[3HH].[3HH].[3HH].[3HH].[3HH].[3HH].[3HH].[3HH].[3HH].[3HH].[3HH].[3HH].[3HH].[3HH].[3HH].[3HH].[3HH].[3HH].[3HH].[3HH].[3HH].[3HH].[3HH].[3HH].[3HH].[3HH].[3HH].[3HH].[3HH].[3HH].[3HH].[3HH].[3HH]. The molecule has 0 atom stereocenters. The molecular weight excluding hydrogens is 543 g/mol. The normalized spacial score (nSPS) is 0.0952. The van der Waals surface area contributed by atoms with E-state index in [9.17, 15) is 0 Å². The fourth-order valence-corrected chi connectivity index (χ4v) is 0. The Morgan fingerprint density at radius 3 is 0.119 bits per heavy atom. The first-order valence-electron chi connectivity index (χ1n) is 0.204. The summed E-state index contributed by atoms with van der Waals surface area (Å²) in [4.78, 5) is 0. The molecule has 0 rings (SSSR count). The molecule has 0 spiro atoms. The van der Waals surface area contributed by atoms with E-state index >= 15 is 0 Å². The van der Waals surface area contributed by atoms with Gasteiger partial charge in [-0.25, -0.2) is 0 Å². The third kappa shape index (κ3) is 234000. The summed E-state index contributed by atoms with van der Waals surface area (Å²) in [5.74, 6) is 0. The molecule has 0 nitrogen and oxygen atoms in total. The fourth-order valence-electron chi connectivity index (χ4n) is 0. The highest BCUT2D eigenvalue weighted by molar-refractivity contribution is 7.88. The van der Waals surface area contributed by atoms with Crippen LogP contribution in [0.15, 0.2) is 0 Å². The standard InChI is InChI=1S/40CH4.HPS.40H2/c;;;;;;;;;;;;;;;;;;;;;;;;;;;;;;;;;;;;;;;;1-2;;;;;;;;;;;;;;;;;;;;;;;;;;;;;;;;;;;;;;;;/h40*1H4;1H;40*1H/i;;;;;;;;;;;;;;;;;;;;;;;;;;;;;;;;;;;;;;;;;40*1+2. The van der Waals surface area contributed by atoms with Crippen LogP contribution in [0.1, 0.15) is 354 Å². The van der Waals surface area contributed by atoms with Crippen LogP contribution >= 0.6 is 8.02 Å². The molecule has 2 heteroatoms. The van der Waals surface area contributed by atoms with Gasteiger partial charge in [-0.15, -0.1) is 0 Å². The van der Waals surface area contributed by atoms with Gasteiger partial charge in [-0.3, -0.25) is 0 Å². The largest absolute Gasteiger partial charge is 0.0776 e. The number of hydrogen-bond donors (Lipinski definition) is 0. The zero-order chi connectivity index (χ0) is 2.00. The van der Waals surface area contributed by atoms with Crippen LogP contribution in [0.2, 0.25) is 0 Å². The minimum absolute atomic E-state index is 0. The Hall–Kier alpha value is 0.520. The molecule has 42 heavy (non-hydrogen) atoms. The summed E-state index contributed by atoms with van der Waals surface area (Å²) in [5, 5.41) is 0. The third-order valence-corrected chi connectivity index (χ3v) is 0. The zero-order valence-corrected chi connectivity index (χ0v) is 2.72. The molecule has 0 fully saturated rings. The Kier molecular flexibility index (Phi) is 190000000. The molecule has 0 aliphatic rings. The highest BCUT2D eigenvalue weighted by atomic mass is 32.4. The average molecular weight is 867 g/mol. The van der Waals surface area contributed by atoms with Crippen molar-refractivity contribution in [3.63, 3.8) is 0 Å². The third-order valence-electron chi connectivity index (χ3n) is 0. The van der Waals surface area contributed by atoms with E-state index in [1.54, 1.807) is 0 Å². The summed E-state index contributed by atoms with van der Waals surface area (Å²) in [6.45, 7) is 0. The summed E-state index contributed by atoms with van der Waals surface area (Å²) in [6, 6.07) is 0. The van der Waals surface area contributed by atoms with Crippen molar-refractivity contribution < 1.29 is 57.1 Å². The molecule has 0 heterocycles. The van der Waals surface area contributed by atoms with Crippen molar-refractivity contribution >= 4 is 19.8 Å². The maximum absolute atomic E-state index is 3.89. The second-order valence-electron chi connectivity index (χ2n) is 0. The molecule has 0 aliphatic carbocycles. The predicted molar refractivity (Wildman–Crippen MR) is 369 cm³/mol. The van der Waals surface area contributed by atoms with Gasteiger partial charge in [0.05, 0.1) is 0 Å². The molecule has 0 bridgehead atoms. The molecule has 0 saturated heterocycles. The van der Waals surface area contributed by atoms with E-state index in [1.165, 1.54) is 0 Å². The molecule has 0 aromatic carbocycles. The van der Waals surface area contributed by atoms with E-state index in [4.69, 9.17) is 0 Å². The van der Waals surface area contributed by atoms with E-state index in [1.807, 2.05) is 0 Å². The maximum Gasteiger partial charge on any atom is 0 e. The Morgan fingerprint density at radius 1 is 0.119 bits per heavy atom. The minimum Gasteiger partial charge on any atom is -0.0776 e. The van der Waals surface area contributed by atoms with Crippen molar-refractivity contribution in [1.29, 1.82) is 0 Å². The van der Waals surface area contributed by atoms with Crippen molar-refractivity contribution in [3.8, 4) is 0 Å². The second kappa shape index (κ2) is 252000. The molecule has 0 amide bonds. The van der Waals surface area contributed by atoms with Crippen molar-refractivity contribution in [1.82, 2.24) is 0 Å². The number of hydrogen-bond acceptors (Lipinski definition) is 1. The van der Waals surface area contributed by atoms with Gasteiger partial charge in [0.1, 0.15) is 0 Å². The van der Waals surface area contributed by atoms with Gasteiger partial charge in [0.2, 0.25) is 0 Å². The first-order chi connectivity index (χ1) is 1.00. The predicted octanol–water partition coefficient (Wildman–Crippen LogP) is 35.9. The molecule has 0 aliphatic heterocycles. The van der Waals surface area contributed by atoms with Gasteiger partial charge in [-0.05, 0) is 8.02 Å². The van der Waals surface area contributed by atoms with Gasteiger partial charge in [0, 0.05) is 57.1 Å². The highest BCUT2D eigenvalue weighted by Gasteiger charge is 0.655. The van der Waals surface area contributed by atoms with Crippen molar-refractivity contribution in [2.24, 2.45) is 0 Å². The lowest BCUT2D eigenvalue weighted by Crippen LogP contribution is -0.399. The summed E-state index contributed by atoms with van der Waals surface area (Å²) in [6.07, 6.45) is 0. The van der Waals surface area contributed by atoms with E-state index in [2.05, 4.69) is 19.8 Å². The molecule has 0 radical (unpaired) electrons. The van der Waals surface area contributed by atoms with Crippen LogP contribution < -0.4 is 0 Å². The van der Waals surface area contributed by atoms with Gasteiger partial charge in [0.25, 0.3) is 0 Å². The molecule has 0 unspecified atom stereocenters. The van der Waals surface area contributed by atoms with Crippen LogP contribution in [0.25, 0.3) is 0 Å². The molecular formula is C40H241PS. The van der Waals surface area contributed by atoms with Gasteiger partial charge >= 0.3 is 0 Å². The summed E-state index contributed by atoms with van der Waals surface area (Å²) in [7, 11) is 2.56. The topological polar surface area (TPSA) is 0 Å². The van der Waals surface area contributed by atoms with Crippen LogP contribution in [-0.4, -0.2) is 0 Å². The fraction of sp³-hybridized carbons (Fsp3) is 1.00. The Balaban J connectivity index is -0.00000000000158. The second-order valence-corrected chi connectivity index (χ2v) is 0. The first kappa shape index (κ1) is 31700. The number of rotatable bonds is 0. The maximum atomic E-state index is 3.89. The van der Waals surface area contributed by atoms with Crippen LogP contribution in [0, 0.1) is 0 Å². The van der Waals surface area contributed by atoms with Gasteiger partial charge in [-0.1, -0.05) is 309 Å². The monoisotopic (exact) mass is 866 g/mol. The molecule has 0 aromatic rings. The van der Waals surface area contributed by atoms with Crippen molar-refractivity contribution in [2.75, 3.05) is 0 Å². The summed E-state index contributed by atoms with van der Waals surface area (Å²) < 4.78 is 0. The quantitative estimate of drug-likeness (QED) is 0.219. The summed E-state index contributed by atoms with van der Waals surface area (Å²) >= 11 is 3.89. The molecule has 0 aromatic heterocycles. The Bertz CT molecular complexity index is 95.6. The van der Waals surface area contributed by atoms with E-state index < -0.39 is 0 Å². The van der Waals surface area contributed by atoms with Gasteiger partial charge in [0.15, 0.2) is 0 Å². The van der Waals surface area contributed by atoms with E-state index in [0.717, 1.165) is 0 Å². The summed E-state index contributed by atoms with van der Waals surface area (Å²) in [5.41, 5.74) is 0. The van der Waals surface area contributed by atoms with Crippen LogP contribution in [0.4, 0.5) is 0 Å². The first-order valence-corrected chi connectivity index (χ1v) is 1.84. The molecule has 412 valence electrons. The zero-order valence-electron chi connectivity index (χ0n) is 0.908. The van der Waals surface area contributed by atoms with Crippen LogP contribution in [0.5, 0.6) is 0 Å². The lowest BCUT2D eigenvalue weighted by molar-refractivity contribution is 2.50. The molecule has 0 saturated carbocycles. The lowest BCUT2D eigenvalue weighted by Gasteiger charge is -0.760. The van der Waals surface area contributed by atoms with E-state index in [-0.39, 0.29) is 354 Å². The van der Waals surface area contributed by atoms with Gasteiger partial charge < -0.3 is 0 Å². The minimum atomic E-state index is 0. The van der Waals surface area contributed by atoms with Crippen molar-refractivity contribution in [3.05, 3.63) is 0 Å². The highest BCUT2D eigenvalue weighted by Crippen LogP contribution is 1.26. The Morgan fingerprint density at radius 2 is 0.119 bits per heavy atom.